The van der Waals surface area contributed by atoms with Gasteiger partial charge in [0.25, 0.3) is 0 Å². The minimum atomic E-state index is -0.408. The Bertz CT molecular complexity index is 860. The van der Waals surface area contributed by atoms with Gasteiger partial charge in [-0.3, -0.25) is 4.79 Å². The van der Waals surface area contributed by atoms with Crippen LogP contribution >= 0.6 is 0 Å². The summed E-state index contributed by atoms with van der Waals surface area (Å²) >= 11 is 0. The molecule has 0 unspecified atom stereocenters. The molecular weight excluding hydrogens is 338 g/mol. The van der Waals surface area contributed by atoms with Crippen LogP contribution in [0.1, 0.15) is 17.1 Å². The highest BCUT2D eigenvalue weighted by Gasteiger charge is 2.17. The Labute approximate surface area is 149 Å². The number of nitrogens with zero attached hydrogens (tertiary/aromatic N) is 4. The van der Waals surface area contributed by atoms with Crippen LogP contribution in [0.15, 0.2) is 41.4 Å². The number of methoxy groups -OCH3 is 2. The van der Waals surface area contributed by atoms with E-state index >= 15 is 0 Å². The predicted octanol–water partition coefficient (Wildman–Crippen LogP) is 1.77. The molecule has 9 heteroatoms. The normalized spacial score (nSPS) is 10.5. The summed E-state index contributed by atoms with van der Waals surface area (Å²) in [6.07, 6.45) is 6.08. The smallest absolute Gasteiger partial charge is 0.316 e. The van der Waals surface area contributed by atoms with Gasteiger partial charge in [-0.1, -0.05) is 5.16 Å². The fourth-order valence-electron chi connectivity index (χ4n) is 2.37. The van der Waals surface area contributed by atoms with Crippen molar-refractivity contribution in [1.82, 2.24) is 25.0 Å². The Morgan fingerprint density at radius 1 is 1.27 bits per heavy atom. The van der Waals surface area contributed by atoms with E-state index in [0.717, 1.165) is 13.0 Å². The molecule has 0 atom stereocenters. The molecule has 1 aromatic carbocycles. The summed E-state index contributed by atoms with van der Waals surface area (Å²) in [6, 6.07) is 5.22. The molecule has 0 radical (unpaired) electrons. The third-order valence-corrected chi connectivity index (χ3v) is 3.70. The molecule has 0 fully saturated rings. The van der Waals surface area contributed by atoms with Crippen LogP contribution in [0.25, 0.3) is 11.4 Å². The minimum absolute atomic E-state index is 0.0857. The van der Waals surface area contributed by atoms with Crippen molar-refractivity contribution in [3.8, 4) is 22.9 Å². The average molecular weight is 357 g/mol. The summed E-state index contributed by atoms with van der Waals surface area (Å²) in [5.41, 5.74) is 0.658. The Kier molecular flexibility index (Phi) is 5.47. The average Bonchev–Trinajstić information content (AvgIpc) is 3.36. The molecular formula is C17H19N5O4. The summed E-state index contributed by atoms with van der Waals surface area (Å²) in [4.78, 5) is 20.2. The van der Waals surface area contributed by atoms with Gasteiger partial charge in [-0.2, -0.15) is 4.98 Å². The first-order valence-corrected chi connectivity index (χ1v) is 8.01. The van der Waals surface area contributed by atoms with Crippen molar-refractivity contribution in [3.63, 3.8) is 0 Å². The van der Waals surface area contributed by atoms with Gasteiger partial charge >= 0.3 is 11.8 Å². The van der Waals surface area contributed by atoms with Gasteiger partial charge in [-0.05, 0) is 24.6 Å². The Morgan fingerprint density at radius 2 is 2.12 bits per heavy atom. The Morgan fingerprint density at radius 3 is 2.85 bits per heavy atom. The topological polar surface area (TPSA) is 104 Å². The highest BCUT2D eigenvalue weighted by atomic mass is 16.5. The zero-order chi connectivity index (χ0) is 18.4. The summed E-state index contributed by atoms with van der Waals surface area (Å²) in [5, 5.41) is 6.60. The van der Waals surface area contributed by atoms with Crippen LogP contribution in [0.5, 0.6) is 11.5 Å². The van der Waals surface area contributed by atoms with Gasteiger partial charge in [-0.25, -0.2) is 4.98 Å². The number of amides is 1. The molecule has 1 N–H and O–H groups in total. The van der Waals surface area contributed by atoms with Gasteiger partial charge in [0.15, 0.2) is 11.5 Å². The number of hydrogen-bond donors (Lipinski definition) is 1. The molecule has 3 rings (SSSR count). The van der Waals surface area contributed by atoms with Crippen LogP contribution in [0.3, 0.4) is 0 Å². The van der Waals surface area contributed by atoms with Gasteiger partial charge in [0, 0.05) is 31.0 Å². The molecule has 1 amide bonds. The first kappa shape index (κ1) is 17.5. The second kappa shape index (κ2) is 8.15. The second-order valence-corrected chi connectivity index (χ2v) is 5.40. The zero-order valence-electron chi connectivity index (χ0n) is 14.5. The van der Waals surface area contributed by atoms with Crippen molar-refractivity contribution >= 4 is 5.91 Å². The fourth-order valence-corrected chi connectivity index (χ4v) is 2.37. The number of hydrogen-bond acceptors (Lipinski definition) is 7. The van der Waals surface area contributed by atoms with Crippen molar-refractivity contribution in [3.05, 3.63) is 42.8 Å². The van der Waals surface area contributed by atoms with Gasteiger partial charge in [0.05, 0.1) is 20.5 Å². The van der Waals surface area contributed by atoms with Gasteiger partial charge < -0.3 is 23.9 Å². The maximum atomic E-state index is 12.1. The fraction of sp³-hybridized carbons (Fsp3) is 0.294. The van der Waals surface area contributed by atoms with Crippen molar-refractivity contribution in [2.45, 2.75) is 13.0 Å². The lowest BCUT2D eigenvalue weighted by Gasteiger charge is -2.07. The van der Waals surface area contributed by atoms with Crippen molar-refractivity contribution in [2.75, 3.05) is 20.8 Å². The number of aryl methyl sites for hydroxylation is 1. The van der Waals surface area contributed by atoms with Crippen LogP contribution < -0.4 is 14.8 Å². The van der Waals surface area contributed by atoms with E-state index in [1.165, 1.54) is 0 Å². The molecule has 0 aliphatic carbocycles. The molecule has 0 aliphatic rings. The van der Waals surface area contributed by atoms with Crippen molar-refractivity contribution in [2.24, 2.45) is 0 Å². The highest BCUT2D eigenvalue weighted by Crippen LogP contribution is 2.31. The molecule has 0 aliphatic heterocycles. The summed E-state index contributed by atoms with van der Waals surface area (Å²) in [6.45, 7) is 1.26. The van der Waals surface area contributed by atoms with E-state index in [1.54, 1.807) is 44.9 Å². The van der Waals surface area contributed by atoms with Crippen LogP contribution in [0.4, 0.5) is 0 Å². The van der Waals surface area contributed by atoms with Crippen LogP contribution in [0.2, 0.25) is 0 Å². The van der Waals surface area contributed by atoms with E-state index in [1.807, 2.05) is 10.8 Å². The number of imidazole rings is 1. The maximum Gasteiger partial charge on any atom is 0.316 e. The number of carbonyl (C=O) groups excluding carboxylic acids is 1. The first-order chi connectivity index (χ1) is 12.7. The van der Waals surface area contributed by atoms with Gasteiger partial charge in [0.2, 0.25) is 5.82 Å². The number of nitrogens with one attached hydrogen (secondary N) is 1. The number of benzene rings is 1. The quantitative estimate of drug-likeness (QED) is 0.613. The summed E-state index contributed by atoms with van der Waals surface area (Å²) < 4.78 is 17.4. The molecule has 2 heterocycles. The number of rotatable bonds is 8. The van der Waals surface area contributed by atoms with Gasteiger partial charge in [0.1, 0.15) is 0 Å². The molecule has 9 nitrogen and oxygen atoms in total. The SMILES string of the molecule is COc1ccc(-c2noc(C(=O)NCCCn3ccnc3)n2)cc1OC. The second-order valence-electron chi connectivity index (χ2n) is 5.40. The summed E-state index contributed by atoms with van der Waals surface area (Å²) in [7, 11) is 3.10. The molecule has 0 saturated heterocycles. The molecule has 136 valence electrons. The third-order valence-electron chi connectivity index (χ3n) is 3.70. The van der Waals surface area contributed by atoms with Crippen molar-refractivity contribution in [1.29, 1.82) is 0 Å². The van der Waals surface area contributed by atoms with E-state index < -0.39 is 5.91 Å². The Hall–Kier alpha value is -3.36. The van der Waals surface area contributed by atoms with E-state index in [2.05, 4.69) is 20.4 Å². The number of ether oxygens (including phenoxy) is 2. The number of carbonyl (C=O) groups is 1. The largest absolute Gasteiger partial charge is 0.493 e. The van der Waals surface area contributed by atoms with Crippen LogP contribution in [-0.4, -0.2) is 46.4 Å². The lowest BCUT2D eigenvalue weighted by Crippen LogP contribution is -2.25. The van der Waals surface area contributed by atoms with Crippen LogP contribution in [0, 0.1) is 0 Å². The molecule has 0 spiro atoms. The lowest BCUT2D eigenvalue weighted by molar-refractivity contribution is 0.0909. The Balaban J connectivity index is 1.59. The zero-order valence-corrected chi connectivity index (χ0v) is 14.5. The maximum absolute atomic E-state index is 12.1. The van der Waals surface area contributed by atoms with E-state index in [4.69, 9.17) is 14.0 Å². The predicted molar refractivity (Wildman–Crippen MR) is 92.0 cm³/mol. The molecule has 0 bridgehead atoms. The molecule has 2 aromatic heterocycles. The minimum Gasteiger partial charge on any atom is -0.493 e. The molecule has 0 saturated carbocycles. The monoisotopic (exact) mass is 357 g/mol. The summed E-state index contributed by atoms with van der Waals surface area (Å²) in [5.74, 6) is 0.942. The third kappa shape index (κ3) is 4.00. The van der Waals surface area contributed by atoms with Crippen molar-refractivity contribution < 1.29 is 18.8 Å². The van der Waals surface area contributed by atoms with E-state index in [9.17, 15) is 4.79 Å². The lowest BCUT2D eigenvalue weighted by atomic mass is 10.2. The standard InChI is InChI=1S/C17H19N5O4/c1-24-13-5-4-12(10-14(13)25-2)15-20-17(26-21-15)16(23)19-6-3-8-22-9-7-18-11-22/h4-5,7,9-11H,3,6,8H2,1-2H3,(H,19,23). The first-order valence-electron chi connectivity index (χ1n) is 8.01. The molecule has 26 heavy (non-hydrogen) atoms. The molecule has 3 aromatic rings. The van der Waals surface area contributed by atoms with Gasteiger partial charge in [-0.15, -0.1) is 0 Å². The van der Waals surface area contributed by atoms with Crippen LogP contribution in [-0.2, 0) is 6.54 Å². The van der Waals surface area contributed by atoms with E-state index in [0.29, 0.717) is 29.4 Å². The highest BCUT2D eigenvalue weighted by molar-refractivity contribution is 5.89. The number of aromatic nitrogens is 4. The van der Waals surface area contributed by atoms with E-state index in [-0.39, 0.29) is 5.89 Å².